The van der Waals surface area contributed by atoms with E-state index in [0.717, 1.165) is 18.5 Å². The van der Waals surface area contributed by atoms with Gasteiger partial charge in [0.2, 0.25) is 0 Å². The third-order valence-electron chi connectivity index (χ3n) is 2.15. The van der Waals surface area contributed by atoms with E-state index < -0.39 is 11.8 Å². The molecule has 0 bridgehead atoms. The van der Waals surface area contributed by atoms with E-state index in [9.17, 15) is 9.18 Å². The number of nitrogens with zero attached hydrogens (tertiary/aromatic N) is 3. The highest BCUT2D eigenvalue weighted by Gasteiger charge is 2.08. The SMILES string of the molecule is N#Cc1ccc(Oc2ncc(C(=O)O)cn2)cc1F. The van der Waals surface area contributed by atoms with Crippen LogP contribution < -0.4 is 4.74 Å². The van der Waals surface area contributed by atoms with E-state index in [2.05, 4.69) is 9.97 Å². The van der Waals surface area contributed by atoms with Crippen LogP contribution >= 0.6 is 0 Å². The van der Waals surface area contributed by atoms with Gasteiger partial charge in [-0.25, -0.2) is 19.2 Å². The maximum Gasteiger partial charge on any atom is 0.338 e. The van der Waals surface area contributed by atoms with Crippen LogP contribution in [0, 0.1) is 17.1 Å². The molecule has 0 spiro atoms. The second-order valence-electron chi connectivity index (χ2n) is 3.41. The molecule has 0 aliphatic heterocycles. The minimum Gasteiger partial charge on any atom is -0.478 e. The van der Waals surface area contributed by atoms with Gasteiger partial charge in [-0.15, -0.1) is 0 Å². The van der Waals surface area contributed by atoms with Crippen molar-refractivity contribution in [2.75, 3.05) is 0 Å². The molecule has 1 aromatic heterocycles. The van der Waals surface area contributed by atoms with Crippen molar-refractivity contribution in [1.82, 2.24) is 9.97 Å². The van der Waals surface area contributed by atoms with Crippen molar-refractivity contribution in [3.05, 3.63) is 47.5 Å². The normalized spacial score (nSPS) is 9.68. The summed E-state index contributed by atoms with van der Waals surface area (Å²) in [5, 5.41) is 17.2. The van der Waals surface area contributed by atoms with Gasteiger partial charge < -0.3 is 9.84 Å². The van der Waals surface area contributed by atoms with E-state index in [1.165, 1.54) is 12.1 Å². The second kappa shape index (κ2) is 5.10. The lowest BCUT2D eigenvalue weighted by Gasteiger charge is -2.04. The van der Waals surface area contributed by atoms with Crippen LogP contribution in [0.1, 0.15) is 15.9 Å². The summed E-state index contributed by atoms with van der Waals surface area (Å²) in [6.07, 6.45) is 2.15. The van der Waals surface area contributed by atoms with E-state index in [-0.39, 0.29) is 22.9 Å². The maximum atomic E-state index is 13.3. The molecule has 0 aliphatic carbocycles. The first kappa shape index (κ1) is 12.4. The molecule has 0 unspecified atom stereocenters. The molecule has 2 rings (SSSR count). The summed E-state index contributed by atoms with van der Waals surface area (Å²) in [4.78, 5) is 17.9. The first-order valence-electron chi connectivity index (χ1n) is 5.03. The van der Waals surface area contributed by atoms with Gasteiger partial charge in [0.1, 0.15) is 17.6 Å². The second-order valence-corrected chi connectivity index (χ2v) is 3.41. The number of rotatable bonds is 3. The number of carboxylic acids is 1. The summed E-state index contributed by atoms with van der Waals surface area (Å²) in [5.41, 5.74) is -0.187. The number of aromatic nitrogens is 2. The number of ether oxygens (including phenoxy) is 1. The molecule has 1 heterocycles. The van der Waals surface area contributed by atoms with Gasteiger partial charge >= 0.3 is 12.0 Å². The molecule has 94 valence electrons. The van der Waals surface area contributed by atoms with Crippen molar-refractivity contribution < 1.29 is 19.0 Å². The average molecular weight is 259 g/mol. The minimum atomic E-state index is -1.16. The Balaban J connectivity index is 2.19. The van der Waals surface area contributed by atoms with Crippen LogP contribution in [0.2, 0.25) is 0 Å². The van der Waals surface area contributed by atoms with Crippen LogP contribution in [0.25, 0.3) is 0 Å². The van der Waals surface area contributed by atoms with E-state index in [1.807, 2.05) is 0 Å². The Bertz CT molecular complexity index is 665. The van der Waals surface area contributed by atoms with Crippen molar-refractivity contribution in [2.45, 2.75) is 0 Å². The number of hydrogen-bond donors (Lipinski definition) is 1. The summed E-state index contributed by atoms with van der Waals surface area (Å²) >= 11 is 0. The van der Waals surface area contributed by atoms with Gasteiger partial charge in [-0.05, 0) is 12.1 Å². The summed E-state index contributed by atoms with van der Waals surface area (Å²) in [5.74, 6) is -1.77. The standard InChI is InChI=1S/C12H6FN3O3/c13-10-3-9(2-1-7(10)4-14)19-12-15-5-8(6-16-12)11(17)18/h1-3,5-6H,(H,17,18). The van der Waals surface area contributed by atoms with Crippen LogP contribution in [-0.2, 0) is 0 Å². The lowest BCUT2D eigenvalue weighted by Crippen LogP contribution is -2.00. The van der Waals surface area contributed by atoms with Crippen molar-refractivity contribution in [3.63, 3.8) is 0 Å². The monoisotopic (exact) mass is 259 g/mol. The zero-order valence-corrected chi connectivity index (χ0v) is 9.37. The number of halogens is 1. The van der Waals surface area contributed by atoms with Crippen molar-refractivity contribution in [1.29, 1.82) is 5.26 Å². The van der Waals surface area contributed by atoms with Crippen molar-refractivity contribution in [3.8, 4) is 17.8 Å². The molecule has 0 amide bonds. The minimum absolute atomic E-state index is 0.0849. The van der Waals surface area contributed by atoms with Crippen molar-refractivity contribution in [2.24, 2.45) is 0 Å². The van der Waals surface area contributed by atoms with E-state index >= 15 is 0 Å². The maximum absolute atomic E-state index is 13.3. The Kier molecular flexibility index (Phi) is 3.34. The smallest absolute Gasteiger partial charge is 0.338 e. The van der Waals surface area contributed by atoms with Gasteiger partial charge in [-0.1, -0.05) is 0 Å². The van der Waals surface area contributed by atoms with Crippen LogP contribution in [0.5, 0.6) is 11.8 Å². The molecule has 0 saturated heterocycles. The number of benzene rings is 1. The molecule has 0 aliphatic rings. The number of nitriles is 1. The molecule has 0 radical (unpaired) electrons. The molecule has 1 aromatic carbocycles. The zero-order valence-electron chi connectivity index (χ0n) is 9.37. The van der Waals surface area contributed by atoms with Gasteiger partial charge in [0.25, 0.3) is 0 Å². The third kappa shape index (κ3) is 2.81. The molecule has 6 nitrogen and oxygen atoms in total. The van der Waals surface area contributed by atoms with Gasteiger partial charge in [-0.3, -0.25) is 0 Å². The Hall–Kier alpha value is -3.01. The quantitative estimate of drug-likeness (QED) is 0.905. The van der Waals surface area contributed by atoms with Gasteiger partial charge in [0, 0.05) is 18.5 Å². The molecule has 2 aromatic rings. The highest BCUT2D eigenvalue weighted by molar-refractivity contribution is 5.86. The zero-order chi connectivity index (χ0) is 13.8. The Morgan fingerprint density at radius 3 is 2.58 bits per heavy atom. The predicted octanol–water partition coefficient (Wildman–Crippen LogP) is 1.98. The molecule has 19 heavy (non-hydrogen) atoms. The summed E-state index contributed by atoms with van der Waals surface area (Å²) < 4.78 is 18.4. The Morgan fingerprint density at radius 1 is 1.37 bits per heavy atom. The number of aromatic carboxylic acids is 1. The highest BCUT2D eigenvalue weighted by atomic mass is 19.1. The topological polar surface area (TPSA) is 96.1 Å². The Labute approximate surface area is 106 Å². The molecule has 0 fully saturated rings. The largest absolute Gasteiger partial charge is 0.478 e. The van der Waals surface area contributed by atoms with Crippen LogP contribution in [0.4, 0.5) is 4.39 Å². The molecule has 1 N–H and O–H groups in total. The fraction of sp³-hybridized carbons (Fsp3) is 0. The third-order valence-corrected chi connectivity index (χ3v) is 2.15. The number of hydrogen-bond acceptors (Lipinski definition) is 5. The van der Waals surface area contributed by atoms with Gasteiger partial charge in [0.05, 0.1) is 11.1 Å². The molecule has 0 atom stereocenters. The summed E-state index contributed by atoms with van der Waals surface area (Å²) in [6, 6.07) is 5.23. The average Bonchev–Trinajstić information content (AvgIpc) is 2.39. The first-order valence-corrected chi connectivity index (χ1v) is 5.03. The van der Waals surface area contributed by atoms with Gasteiger partial charge in [-0.2, -0.15) is 5.26 Å². The summed E-state index contributed by atoms with van der Waals surface area (Å²) in [7, 11) is 0. The molecule has 0 saturated carbocycles. The van der Waals surface area contributed by atoms with Gasteiger partial charge in [0.15, 0.2) is 0 Å². The number of carboxylic acid groups (broad SMARTS) is 1. The van der Waals surface area contributed by atoms with Crippen LogP contribution in [0.3, 0.4) is 0 Å². The highest BCUT2D eigenvalue weighted by Crippen LogP contribution is 2.20. The fourth-order valence-corrected chi connectivity index (χ4v) is 1.23. The van der Waals surface area contributed by atoms with Crippen molar-refractivity contribution >= 4 is 5.97 Å². The molecule has 7 heteroatoms. The first-order chi connectivity index (χ1) is 9.10. The van der Waals surface area contributed by atoms with E-state index in [0.29, 0.717) is 0 Å². The predicted molar refractivity (Wildman–Crippen MR) is 60.2 cm³/mol. The molecular formula is C12H6FN3O3. The lowest BCUT2D eigenvalue weighted by atomic mass is 10.2. The van der Waals surface area contributed by atoms with E-state index in [1.54, 1.807) is 6.07 Å². The number of carbonyl (C=O) groups is 1. The van der Waals surface area contributed by atoms with E-state index in [4.69, 9.17) is 15.1 Å². The van der Waals surface area contributed by atoms with Crippen LogP contribution in [-0.4, -0.2) is 21.0 Å². The fourth-order valence-electron chi connectivity index (χ4n) is 1.23. The Morgan fingerprint density at radius 2 is 2.05 bits per heavy atom. The lowest BCUT2D eigenvalue weighted by molar-refractivity contribution is 0.0696. The van der Waals surface area contributed by atoms with Crippen LogP contribution in [0.15, 0.2) is 30.6 Å². The molecular weight excluding hydrogens is 253 g/mol. The summed E-state index contributed by atoms with van der Waals surface area (Å²) in [6.45, 7) is 0.